The maximum atomic E-state index is 6.02. The molecule has 62 heavy (non-hydrogen) atoms. The van der Waals surface area contributed by atoms with Gasteiger partial charge in [0.2, 0.25) is 0 Å². The standard InChI is InChI=1S/C60H45NO/c1-3-4-16-49-39-61(58-33-26-41(34-56(49)58)15-5-12-23-52-40(2)62-51-22-11-10-21-46(52)37-51)50-31-32-55-57(38-50)60(48-30-28-43-18-7-9-20-45(43)36-48)54-25-14-13-24-53(54)59(55)47-29-27-42-17-6-8-19-44(42)35-47/h3-14,16-38,51H,2,15,39H2,1H3/b4-3-,12-5-,49-16+,52-23+. The fraction of sp³-hybridized carbons (Fsp3) is 0.0667. The van der Waals surface area contributed by atoms with Crippen molar-refractivity contribution in [2.24, 2.45) is 0 Å². The minimum absolute atomic E-state index is 0.0570. The normalized spacial score (nSPS) is 17.3. The van der Waals surface area contributed by atoms with Crippen molar-refractivity contribution in [1.29, 1.82) is 0 Å². The molecule has 0 saturated carbocycles. The van der Waals surface area contributed by atoms with Crippen molar-refractivity contribution in [1.82, 2.24) is 0 Å². The predicted molar refractivity (Wildman–Crippen MR) is 265 cm³/mol. The van der Waals surface area contributed by atoms with E-state index in [1.165, 1.54) is 93.4 Å². The molecule has 0 saturated heterocycles. The number of hydrogen-bond acceptors (Lipinski definition) is 2. The Morgan fingerprint density at radius 1 is 0.645 bits per heavy atom. The molecule has 0 amide bonds. The smallest absolute Gasteiger partial charge is 0.136 e. The van der Waals surface area contributed by atoms with Gasteiger partial charge in [-0.2, -0.15) is 0 Å². The number of allylic oxidation sites excluding steroid dienone is 10. The average molecular weight is 796 g/mol. The van der Waals surface area contributed by atoms with E-state index in [1.807, 2.05) is 12.2 Å². The van der Waals surface area contributed by atoms with Gasteiger partial charge in [-0.05, 0) is 144 Å². The van der Waals surface area contributed by atoms with Crippen molar-refractivity contribution in [3.63, 3.8) is 0 Å². The zero-order chi connectivity index (χ0) is 41.6. The first-order valence-electron chi connectivity index (χ1n) is 21.6. The van der Waals surface area contributed by atoms with Crippen molar-refractivity contribution in [3.8, 4) is 22.3 Å². The number of anilines is 2. The maximum Gasteiger partial charge on any atom is 0.136 e. The molecule has 2 bridgehead atoms. The van der Waals surface area contributed by atoms with Crippen LogP contribution in [-0.4, -0.2) is 12.6 Å². The van der Waals surface area contributed by atoms with Crippen LogP contribution in [0.5, 0.6) is 0 Å². The van der Waals surface area contributed by atoms with Crippen LogP contribution < -0.4 is 4.90 Å². The van der Waals surface area contributed by atoms with Crippen LogP contribution in [0.25, 0.3) is 70.9 Å². The zero-order valence-electron chi connectivity index (χ0n) is 34.8. The van der Waals surface area contributed by atoms with Crippen LogP contribution in [-0.2, 0) is 11.2 Å². The Hall–Kier alpha value is -7.68. The monoisotopic (exact) mass is 795 g/mol. The van der Waals surface area contributed by atoms with Crippen molar-refractivity contribution in [3.05, 3.63) is 247 Å². The second-order valence-corrected chi connectivity index (χ2v) is 16.4. The van der Waals surface area contributed by atoms with E-state index in [4.69, 9.17) is 4.74 Å². The van der Waals surface area contributed by atoms with Crippen molar-refractivity contribution >= 4 is 60.0 Å². The lowest BCUT2D eigenvalue weighted by Gasteiger charge is -2.23. The van der Waals surface area contributed by atoms with Crippen LogP contribution in [0.1, 0.15) is 18.1 Å². The van der Waals surface area contributed by atoms with Gasteiger partial charge >= 0.3 is 0 Å². The largest absolute Gasteiger partial charge is 0.482 e. The summed E-state index contributed by atoms with van der Waals surface area (Å²) < 4.78 is 6.02. The van der Waals surface area contributed by atoms with Gasteiger partial charge in [-0.3, -0.25) is 0 Å². The summed E-state index contributed by atoms with van der Waals surface area (Å²) >= 11 is 0. The third-order valence-corrected chi connectivity index (χ3v) is 12.6. The lowest BCUT2D eigenvalue weighted by Crippen LogP contribution is -2.13. The Bertz CT molecular complexity index is 3360. The quantitative estimate of drug-likeness (QED) is 0.149. The summed E-state index contributed by atoms with van der Waals surface area (Å²) in [6.07, 6.45) is 24.2. The topological polar surface area (TPSA) is 12.5 Å². The molecule has 1 unspecified atom stereocenters. The molecule has 8 aromatic rings. The first kappa shape index (κ1) is 37.3. The van der Waals surface area contributed by atoms with E-state index in [1.54, 1.807) is 0 Å². The molecule has 296 valence electrons. The highest BCUT2D eigenvalue weighted by atomic mass is 16.5. The lowest BCUT2D eigenvalue weighted by molar-refractivity contribution is 0.194. The van der Waals surface area contributed by atoms with Gasteiger partial charge < -0.3 is 9.64 Å². The molecule has 0 aromatic heterocycles. The van der Waals surface area contributed by atoms with Crippen LogP contribution in [0.2, 0.25) is 0 Å². The minimum Gasteiger partial charge on any atom is -0.482 e. The van der Waals surface area contributed by atoms with Gasteiger partial charge in [0.1, 0.15) is 11.9 Å². The minimum atomic E-state index is -0.0570. The Kier molecular flexibility index (Phi) is 9.47. The molecule has 2 aliphatic heterocycles. The summed E-state index contributed by atoms with van der Waals surface area (Å²) in [5.41, 5.74) is 13.4. The second kappa shape index (κ2) is 15.7. The second-order valence-electron chi connectivity index (χ2n) is 16.4. The molecule has 2 heteroatoms. The summed E-state index contributed by atoms with van der Waals surface area (Å²) in [4.78, 5) is 2.49. The van der Waals surface area contributed by atoms with E-state index in [0.29, 0.717) is 5.76 Å². The Morgan fingerprint density at radius 3 is 2.05 bits per heavy atom. The number of rotatable bonds is 7. The fourth-order valence-electron chi connectivity index (χ4n) is 9.59. The zero-order valence-corrected chi connectivity index (χ0v) is 34.8. The van der Waals surface area contributed by atoms with Gasteiger partial charge in [0, 0.05) is 29.1 Å². The summed E-state index contributed by atoms with van der Waals surface area (Å²) in [5, 5.41) is 9.98. The van der Waals surface area contributed by atoms with E-state index in [-0.39, 0.29) is 6.10 Å². The molecule has 1 atom stereocenters. The first-order chi connectivity index (χ1) is 30.6. The fourth-order valence-corrected chi connectivity index (χ4v) is 9.59. The molecular formula is C60H45NO. The van der Waals surface area contributed by atoms with Gasteiger partial charge in [0.25, 0.3) is 0 Å². The van der Waals surface area contributed by atoms with E-state index < -0.39 is 0 Å². The predicted octanol–water partition coefficient (Wildman–Crippen LogP) is 15.7. The van der Waals surface area contributed by atoms with Gasteiger partial charge in [-0.15, -0.1) is 0 Å². The van der Waals surface area contributed by atoms with Crippen LogP contribution in [0.3, 0.4) is 0 Å². The maximum absolute atomic E-state index is 6.02. The number of ether oxygens (including phenoxy) is 1. The third kappa shape index (κ3) is 6.71. The van der Waals surface area contributed by atoms with E-state index in [9.17, 15) is 0 Å². The molecule has 0 fully saturated rings. The SMILES string of the molecule is C=C1OC2C=CC=CC(=C2)/C1=C/C=C\Cc1ccc2c(c1)/C(=C/C=C\C)CN2c1ccc2c(-c3ccc4ccccc4c3)c3ccccc3c(-c3ccc4ccccc4c3)c2c1. The van der Waals surface area contributed by atoms with Crippen LogP contribution in [0.15, 0.2) is 236 Å². The highest BCUT2D eigenvalue weighted by Crippen LogP contribution is 2.48. The summed E-state index contributed by atoms with van der Waals surface area (Å²) in [6.45, 7) is 7.07. The van der Waals surface area contributed by atoms with Crippen LogP contribution in [0, 0.1) is 0 Å². The van der Waals surface area contributed by atoms with E-state index >= 15 is 0 Å². The number of fused-ring (bicyclic) bond motifs is 6. The van der Waals surface area contributed by atoms with Gasteiger partial charge in [0.15, 0.2) is 0 Å². The Labute approximate surface area is 363 Å². The summed E-state index contributed by atoms with van der Waals surface area (Å²) in [7, 11) is 0. The highest BCUT2D eigenvalue weighted by Gasteiger charge is 2.26. The molecule has 0 N–H and O–H groups in total. The first-order valence-corrected chi connectivity index (χ1v) is 21.6. The van der Waals surface area contributed by atoms with Gasteiger partial charge in [0.05, 0.1) is 0 Å². The molecule has 2 heterocycles. The van der Waals surface area contributed by atoms with Crippen LogP contribution in [0.4, 0.5) is 11.4 Å². The van der Waals surface area contributed by atoms with Gasteiger partial charge in [-0.1, -0.05) is 170 Å². The Morgan fingerprint density at radius 2 is 1.32 bits per heavy atom. The number of nitrogens with zero attached hydrogens (tertiary/aromatic N) is 1. The molecule has 1 aliphatic carbocycles. The molecule has 8 aromatic carbocycles. The van der Waals surface area contributed by atoms with Crippen molar-refractivity contribution < 1.29 is 4.74 Å². The number of benzene rings is 8. The molecule has 0 radical (unpaired) electrons. The molecule has 3 aliphatic rings. The van der Waals surface area contributed by atoms with Crippen molar-refractivity contribution in [2.45, 2.75) is 19.4 Å². The number of hydrogen-bond donors (Lipinski definition) is 0. The van der Waals surface area contributed by atoms with Crippen LogP contribution >= 0.6 is 0 Å². The highest BCUT2D eigenvalue weighted by molar-refractivity contribution is 6.22. The Balaban J connectivity index is 1.03. The molecular weight excluding hydrogens is 751 g/mol. The van der Waals surface area contributed by atoms with E-state index in [0.717, 1.165) is 24.1 Å². The third-order valence-electron chi connectivity index (χ3n) is 12.6. The van der Waals surface area contributed by atoms with Gasteiger partial charge in [-0.25, -0.2) is 0 Å². The molecule has 0 spiro atoms. The summed E-state index contributed by atoms with van der Waals surface area (Å²) in [6, 6.07) is 54.3. The molecule has 2 nitrogen and oxygen atoms in total. The van der Waals surface area contributed by atoms with E-state index in [2.05, 4.69) is 219 Å². The average Bonchev–Trinajstić information content (AvgIpc) is 3.55. The summed E-state index contributed by atoms with van der Waals surface area (Å²) in [5.74, 6) is 0.709. The molecule has 11 rings (SSSR count). The lowest BCUT2D eigenvalue weighted by atomic mass is 9.85. The van der Waals surface area contributed by atoms with Crippen molar-refractivity contribution in [2.75, 3.05) is 11.4 Å².